The van der Waals surface area contributed by atoms with Crippen LogP contribution in [0.1, 0.15) is 10.5 Å². The quantitative estimate of drug-likeness (QED) is 0.802. The monoisotopic (exact) mass is 387 g/mol. The topological polar surface area (TPSA) is 61.8 Å². The number of amides is 1. The lowest BCUT2D eigenvalue weighted by Crippen LogP contribution is -2.49. The summed E-state index contributed by atoms with van der Waals surface area (Å²) in [4.78, 5) is 27.9. The molecule has 0 unspecified atom stereocenters. The van der Waals surface area contributed by atoms with Crippen LogP contribution in [0.3, 0.4) is 0 Å². The Morgan fingerprint density at radius 1 is 0.963 bits per heavy atom. The van der Waals surface area contributed by atoms with E-state index in [1.165, 1.54) is 11.9 Å². The highest BCUT2D eigenvalue weighted by atomic mass is 35.5. The van der Waals surface area contributed by atoms with Crippen LogP contribution >= 0.6 is 11.6 Å². The Balaban J connectivity index is 1.45. The van der Waals surface area contributed by atoms with E-state index < -0.39 is 0 Å². The fourth-order valence-electron chi connectivity index (χ4n) is 3.38. The number of carbonyl (C=O) groups excluding carboxylic acids is 1. The third-order valence-corrected chi connectivity index (χ3v) is 5.19. The van der Waals surface area contributed by atoms with Gasteiger partial charge < -0.3 is 19.4 Å². The average Bonchev–Trinajstić information content (AvgIpc) is 2.75. The zero-order valence-electron chi connectivity index (χ0n) is 15.1. The molecule has 0 radical (unpaired) electrons. The molecular formula is C19H22ClN5O2. The number of ether oxygens (including phenoxy) is 1. The van der Waals surface area contributed by atoms with Crippen LogP contribution in [-0.4, -0.2) is 73.3 Å². The first kappa shape index (κ1) is 18.0. The highest BCUT2D eigenvalue weighted by molar-refractivity contribution is 6.33. The third kappa shape index (κ3) is 3.99. The number of benzene rings is 1. The smallest absolute Gasteiger partial charge is 0.274 e. The van der Waals surface area contributed by atoms with Gasteiger partial charge in [0.15, 0.2) is 5.69 Å². The normalized spacial score (nSPS) is 17.9. The van der Waals surface area contributed by atoms with Gasteiger partial charge in [0.05, 0.1) is 24.4 Å². The Kier molecular flexibility index (Phi) is 5.40. The summed E-state index contributed by atoms with van der Waals surface area (Å²) >= 11 is 6.25. The second-order valence-electron chi connectivity index (χ2n) is 6.58. The van der Waals surface area contributed by atoms with Gasteiger partial charge in [0, 0.05) is 45.0 Å². The summed E-state index contributed by atoms with van der Waals surface area (Å²) in [5.41, 5.74) is 1.46. The van der Waals surface area contributed by atoms with Gasteiger partial charge in [-0.05, 0) is 12.1 Å². The minimum Gasteiger partial charge on any atom is -0.378 e. The number of piperazine rings is 1. The van der Waals surface area contributed by atoms with E-state index in [2.05, 4.69) is 27.0 Å². The summed E-state index contributed by atoms with van der Waals surface area (Å²) in [6.45, 7) is 5.55. The van der Waals surface area contributed by atoms with Crippen molar-refractivity contribution in [1.29, 1.82) is 0 Å². The Labute approximate surface area is 163 Å². The molecule has 142 valence electrons. The van der Waals surface area contributed by atoms with Crippen LogP contribution in [0.15, 0.2) is 36.5 Å². The summed E-state index contributed by atoms with van der Waals surface area (Å²) in [6.07, 6.45) is 1.52. The highest BCUT2D eigenvalue weighted by Crippen LogP contribution is 2.21. The maximum absolute atomic E-state index is 13.0. The van der Waals surface area contributed by atoms with Gasteiger partial charge in [0.2, 0.25) is 5.95 Å². The second-order valence-corrected chi connectivity index (χ2v) is 6.99. The fraction of sp³-hybridized carbons (Fsp3) is 0.421. The SMILES string of the molecule is O=C(c1nc(N2CCOCC2)ncc1Cl)N1CCN(c2ccccc2)CC1. The molecule has 0 aliphatic carbocycles. The van der Waals surface area contributed by atoms with Crippen LogP contribution in [0.25, 0.3) is 0 Å². The van der Waals surface area contributed by atoms with Gasteiger partial charge >= 0.3 is 0 Å². The average molecular weight is 388 g/mol. The summed E-state index contributed by atoms with van der Waals surface area (Å²) in [6, 6.07) is 10.2. The van der Waals surface area contributed by atoms with E-state index in [-0.39, 0.29) is 11.6 Å². The van der Waals surface area contributed by atoms with Gasteiger partial charge in [-0.25, -0.2) is 9.97 Å². The largest absolute Gasteiger partial charge is 0.378 e. The minimum absolute atomic E-state index is 0.135. The molecule has 0 atom stereocenters. The van der Waals surface area contributed by atoms with Crippen molar-refractivity contribution in [2.45, 2.75) is 0 Å². The predicted molar refractivity (Wildman–Crippen MR) is 105 cm³/mol. The molecule has 0 bridgehead atoms. The number of hydrogen-bond donors (Lipinski definition) is 0. The van der Waals surface area contributed by atoms with Crippen molar-refractivity contribution in [3.8, 4) is 0 Å². The lowest BCUT2D eigenvalue weighted by molar-refractivity contribution is 0.0741. The van der Waals surface area contributed by atoms with Crippen molar-refractivity contribution in [1.82, 2.24) is 14.9 Å². The van der Waals surface area contributed by atoms with E-state index in [4.69, 9.17) is 16.3 Å². The van der Waals surface area contributed by atoms with Gasteiger partial charge in [-0.1, -0.05) is 29.8 Å². The second kappa shape index (κ2) is 8.10. The Bertz CT molecular complexity index is 790. The number of carbonyl (C=O) groups is 1. The number of anilines is 2. The van der Waals surface area contributed by atoms with E-state index in [9.17, 15) is 4.79 Å². The molecule has 2 fully saturated rings. The van der Waals surface area contributed by atoms with Crippen LogP contribution in [0.5, 0.6) is 0 Å². The molecule has 1 amide bonds. The number of halogens is 1. The highest BCUT2D eigenvalue weighted by Gasteiger charge is 2.26. The Hall–Kier alpha value is -2.38. The van der Waals surface area contributed by atoms with Crippen LogP contribution in [0.2, 0.25) is 5.02 Å². The number of morpholine rings is 1. The van der Waals surface area contributed by atoms with Crippen molar-refractivity contribution in [2.24, 2.45) is 0 Å². The number of rotatable bonds is 3. The first-order valence-corrected chi connectivity index (χ1v) is 9.54. The molecule has 2 aliphatic rings. The molecule has 7 nitrogen and oxygen atoms in total. The first-order chi connectivity index (χ1) is 13.2. The molecule has 3 heterocycles. The van der Waals surface area contributed by atoms with Gasteiger partial charge in [-0.3, -0.25) is 4.79 Å². The predicted octanol–water partition coefficient (Wildman–Crippen LogP) is 1.93. The summed E-state index contributed by atoms with van der Waals surface area (Å²) in [5, 5.41) is 0.294. The molecule has 2 aliphatic heterocycles. The Morgan fingerprint density at radius 3 is 2.37 bits per heavy atom. The molecule has 0 N–H and O–H groups in total. The molecule has 2 aromatic rings. The number of nitrogens with zero attached hydrogens (tertiary/aromatic N) is 5. The molecule has 8 heteroatoms. The van der Waals surface area contributed by atoms with E-state index >= 15 is 0 Å². The standard InChI is InChI=1S/C19H22ClN5O2/c20-16-14-21-19(25-10-12-27-13-11-25)22-17(16)18(26)24-8-6-23(7-9-24)15-4-2-1-3-5-15/h1-5,14H,6-13H2. The van der Waals surface area contributed by atoms with Crippen molar-refractivity contribution < 1.29 is 9.53 Å². The van der Waals surface area contributed by atoms with E-state index in [0.29, 0.717) is 50.4 Å². The molecule has 0 spiro atoms. The maximum atomic E-state index is 13.0. The van der Waals surface area contributed by atoms with Crippen LogP contribution in [-0.2, 0) is 4.74 Å². The van der Waals surface area contributed by atoms with Gasteiger partial charge in [-0.15, -0.1) is 0 Å². The van der Waals surface area contributed by atoms with E-state index in [1.54, 1.807) is 0 Å². The first-order valence-electron chi connectivity index (χ1n) is 9.17. The molecule has 2 saturated heterocycles. The van der Waals surface area contributed by atoms with Crippen LogP contribution in [0, 0.1) is 0 Å². The van der Waals surface area contributed by atoms with E-state index in [1.807, 2.05) is 28.0 Å². The van der Waals surface area contributed by atoms with Gasteiger partial charge in [-0.2, -0.15) is 0 Å². The van der Waals surface area contributed by atoms with Gasteiger partial charge in [0.25, 0.3) is 5.91 Å². The van der Waals surface area contributed by atoms with E-state index in [0.717, 1.165) is 13.1 Å². The van der Waals surface area contributed by atoms with Crippen molar-refractivity contribution in [2.75, 3.05) is 62.3 Å². The van der Waals surface area contributed by atoms with Crippen molar-refractivity contribution in [3.05, 3.63) is 47.2 Å². The fourth-order valence-corrected chi connectivity index (χ4v) is 3.55. The molecule has 27 heavy (non-hydrogen) atoms. The molecular weight excluding hydrogens is 366 g/mol. The Morgan fingerprint density at radius 2 is 1.67 bits per heavy atom. The minimum atomic E-state index is -0.135. The number of hydrogen-bond acceptors (Lipinski definition) is 6. The zero-order chi connectivity index (χ0) is 18.6. The van der Waals surface area contributed by atoms with Gasteiger partial charge in [0.1, 0.15) is 0 Å². The zero-order valence-corrected chi connectivity index (χ0v) is 15.8. The van der Waals surface area contributed by atoms with Crippen LogP contribution in [0.4, 0.5) is 11.6 Å². The molecule has 4 rings (SSSR count). The summed E-state index contributed by atoms with van der Waals surface area (Å²) in [5.74, 6) is 0.401. The lowest BCUT2D eigenvalue weighted by atomic mass is 10.2. The number of para-hydroxylation sites is 1. The maximum Gasteiger partial charge on any atom is 0.274 e. The molecule has 1 aromatic carbocycles. The summed E-state index contributed by atoms with van der Waals surface area (Å²) in [7, 11) is 0. The lowest BCUT2D eigenvalue weighted by Gasteiger charge is -2.36. The van der Waals surface area contributed by atoms with Crippen LogP contribution < -0.4 is 9.80 Å². The summed E-state index contributed by atoms with van der Waals surface area (Å²) < 4.78 is 5.36. The molecule has 1 aromatic heterocycles. The third-order valence-electron chi connectivity index (χ3n) is 4.92. The van der Waals surface area contributed by atoms with Crippen molar-refractivity contribution >= 4 is 29.1 Å². The molecule has 0 saturated carbocycles. The van der Waals surface area contributed by atoms with Crippen molar-refractivity contribution in [3.63, 3.8) is 0 Å². The number of aromatic nitrogens is 2.